The number of nitrogens with one attached hydrogen (secondary N) is 1. The van der Waals surface area contributed by atoms with Crippen molar-refractivity contribution >= 4 is 15.9 Å². The van der Waals surface area contributed by atoms with E-state index < -0.39 is 0 Å². The first-order chi connectivity index (χ1) is 9.51. The van der Waals surface area contributed by atoms with Crippen LogP contribution in [0.15, 0.2) is 40.9 Å². The first kappa shape index (κ1) is 15.1. The molecule has 0 bridgehead atoms. The molecule has 0 aliphatic carbocycles. The van der Waals surface area contributed by atoms with Crippen LogP contribution in [0.25, 0.3) is 0 Å². The molecule has 0 spiro atoms. The van der Waals surface area contributed by atoms with Crippen LogP contribution in [-0.4, -0.2) is 0 Å². The van der Waals surface area contributed by atoms with Gasteiger partial charge in [0, 0.05) is 4.47 Å². The van der Waals surface area contributed by atoms with E-state index in [2.05, 4.69) is 21.4 Å². The number of halogens is 3. The number of nitrogens with two attached hydrogens (primary N) is 1. The molecule has 2 rings (SSSR count). The smallest absolute Gasteiger partial charge is 0.123 e. The second-order valence-electron chi connectivity index (χ2n) is 4.66. The van der Waals surface area contributed by atoms with Crippen molar-refractivity contribution in [1.82, 2.24) is 5.43 Å². The third kappa shape index (κ3) is 3.42. The molecule has 2 nitrogen and oxygen atoms in total. The fourth-order valence-corrected chi connectivity index (χ4v) is 2.57. The maximum atomic E-state index is 13.4. The van der Waals surface area contributed by atoms with Crippen molar-refractivity contribution < 1.29 is 8.78 Å². The third-order valence-electron chi connectivity index (χ3n) is 3.25. The maximum absolute atomic E-state index is 13.4. The summed E-state index contributed by atoms with van der Waals surface area (Å²) in [7, 11) is 0. The number of aryl methyl sites for hydroxylation is 1. The molecule has 0 saturated heterocycles. The lowest BCUT2D eigenvalue weighted by molar-refractivity contribution is 0.538. The summed E-state index contributed by atoms with van der Waals surface area (Å²) in [5.41, 5.74) is 5.15. The van der Waals surface area contributed by atoms with Gasteiger partial charge in [-0.1, -0.05) is 22.0 Å². The molecule has 2 aromatic rings. The Morgan fingerprint density at radius 2 is 1.80 bits per heavy atom. The molecule has 0 aliphatic heterocycles. The van der Waals surface area contributed by atoms with E-state index in [0.717, 1.165) is 21.2 Å². The second kappa shape index (κ2) is 6.43. The van der Waals surface area contributed by atoms with Crippen molar-refractivity contribution in [3.05, 3.63) is 69.2 Å². The summed E-state index contributed by atoms with van der Waals surface area (Å²) < 4.78 is 27.5. The molecule has 0 aliphatic rings. The Morgan fingerprint density at radius 1 is 1.15 bits per heavy atom. The first-order valence-electron chi connectivity index (χ1n) is 6.17. The van der Waals surface area contributed by atoms with Crippen LogP contribution in [0.3, 0.4) is 0 Å². The fraction of sp³-hybridized carbons (Fsp3) is 0.200. The highest BCUT2D eigenvalue weighted by molar-refractivity contribution is 9.10. The van der Waals surface area contributed by atoms with Crippen LogP contribution in [0, 0.1) is 18.6 Å². The molecular formula is C15H15BrF2N2. The van der Waals surface area contributed by atoms with Crippen LogP contribution in [-0.2, 0) is 6.42 Å². The Bertz CT molecular complexity index is 617. The van der Waals surface area contributed by atoms with E-state index in [1.807, 2.05) is 6.92 Å². The van der Waals surface area contributed by atoms with Gasteiger partial charge in [0.25, 0.3) is 0 Å². The van der Waals surface area contributed by atoms with Crippen LogP contribution < -0.4 is 11.3 Å². The van der Waals surface area contributed by atoms with E-state index in [-0.39, 0.29) is 17.7 Å². The van der Waals surface area contributed by atoms with Gasteiger partial charge in [-0.3, -0.25) is 11.3 Å². The topological polar surface area (TPSA) is 38.0 Å². The zero-order valence-corrected chi connectivity index (χ0v) is 12.5. The lowest BCUT2D eigenvalue weighted by Crippen LogP contribution is -2.30. The number of rotatable bonds is 4. The van der Waals surface area contributed by atoms with Crippen molar-refractivity contribution in [2.75, 3.05) is 0 Å². The molecule has 0 amide bonds. The quantitative estimate of drug-likeness (QED) is 0.656. The summed E-state index contributed by atoms with van der Waals surface area (Å²) in [6, 6.07) is 8.75. The molecule has 3 N–H and O–H groups in total. The van der Waals surface area contributed by atoms with E-state index in [1.165, 1.54) is 24.3 Å². The average Bonchev–Trinajstić information content (AvgIpc) is 2.42. The minimum Gasteiger partial charge on any atom is -0.271 e. The van der Waals surface area contributed by atoms with Crippen molar-refractivity contribution in [2.45, 2.75) is 19.4 Å². The number of benzene rings is 2. The van der Waals surface area contributed by atoms with E-state index in [9.17, 15) is 8.78 Å². The predicted molar refractivity (Wildman–Crippen MR) is 79.0 cm³/mol. The summed E-state index contributed by atoms with van der Waals surface area (Å²) in [6.07, 6.45) is 0.457. The lowest BCUT2D eigenvalue weighted by Gasteiger charge is -2.19. The normalized spacial score (nSPS) is 12.4. The molecule has 1 atom stereocenters. The van der Waals surface area contributed by atoms with Gasteiger partial charge in [-0.15, -0.1) is 0 Å². The average molecular weight is 341 g/mol. The molecule has 0 radical (unpaired) electrons. The van der Waals surface area contributed by atoms with Crippen molar-refractivity contribution in [3.8, 4) is 0 Å². The highest BCUT2D eigenvalue weighted by atomic mass is 79.9. The molecule has 106 valence electrons. The van der Waals surface area contributed by atoms with Gasteiger partial charge in [0.2, 0.25) is 0 Å². The van der Waals surface area contributed by atoms with Gasteiger partial charge >= 0.3 is 0 Å². The number of hydrazine groups is 1. The van der Waals surface area contributed by atoms with E-state index in [0.29, 0.717) is 6.42 Å². The van der Waals surface area contributed by atoms with E-state index in [1.54, 1.807) is 12.1 Å². The van der Waals surface area contributed by atoms with Crippen LogP contribution in [0.5, 0.6) is 0 Å². The second-order valence-corrected chi connectivity index (χ2v) is 5.51. The molecule has 5 heteroatoms. The number of hydrogen-bond acceptors (Lipinski definition) is 2. The van der Waals surface area contributed by atoms with Gasteiger partial charge in [-0.2, -0.15) is 0 Å². The van der Waals surface area contributed by atoms with Gasteiger partial charge < -0.3 is 0 Å². The van der Waals surface area contributed by atoms with Crippen molar-refractivity contribution in [1.29, 1.82) is 0 Å². The summed E-state index contributed by atoms with van der Waals surface area (Å²) >= 11 is 3.38. The lowest BCUT2D eigenvalue weighted by atomic mass is 9.95. The molecule has 0 aromatic heterocycles. The summed E-state index contributed by atoms with van der Waals surface area (Å²) in [5.74, 6) is 4.95. The first-order valence-corrected chi connectivity index (χ1v) is 6.96. The Morgan fingerprint density at radius 3 is 2.50 bits per heavy atom. The Labute approximate surface area is 125 Å². The SMILES string of the molecule is Cc1ccc(F)cc1C(Cc1cc(F)ccc1Br)NN. The van der Waals surface area contributed by atoms with Crippen LogP contribution in [0.1, 0.15) is 22.7 Å². The van der Waals surface area contributed by atoms with Gasteiger partial charge in [-0.25, -0.2) is 8.78 Å². The molecule has 2 aromatic carbocycles. The standard InChI is InChI=1S/C15H15BrF2N2/c1-9-2-3-12(18)8-13(9)15(20-19)7-10-6-11(17)4-5-14(10)16/h2-6,8,15,20H,7,19H2,1H3. The molecular weight excluding hydrogens is 326 g/mol. The van der Waals surface area contributed by atoms with E-state index >= 15 is 0 Å². The van der Waals surface area contributed by atoms with Crippen molar-refractivity contribution in [2.24, 2.45) is 5.84 Å². The van der Waals surface area contributed by atoms with Gasteiger partial charge in [0.05, 0.1) is 6.04 Å². The summed E-state index contributed by atoms with van der Waals surface area (Å²) in [5, 5.41) is 0. The molecule has 1 unspecified atom stereocenters. The minimum atomic E-state index is -0.316. The number of hydrogen-bond donors (Lipinski definition) is 2. The van der Waals surface area contributed by atoms with Gasteiger partial charge in [0.1, 0.15) is 11.6 Å². The summed E-state index contributed by atoms with van der Waals surface area (Å²) in [4.78, 5) is 0. The zero-order chi connectivity index (χ0) is 14.7. The monoisotopic (exact) mass is 340 g/mol. The zero-order valence-electron chi connectivity index (χ0n) is 11.0. The third-order valence-corrected chi connectivity index (χ3v) is 4.02. The van der Waals surface area contributed by atoms with Crippen LogP contribution in [0.2, 0.25) is 0 Å². The molecule has 0 fully saturated rings. The van der Waals surface area contributed by atoms with Crippen LogP contribution >= 0.6 is 15.9 Å². The largest absolute Gasteiger partial charge is 0.271 e. The predicted octanol–water partition coefficient (Wildman–Crippen LogP) is 3.78. The Kier molecular flexibility index (Phi) is 4.86. The minimum absolute atomic E-state index is 0.288. The summed E-state index contributed by atoms with van der Waals surface area (Å²) in [6.45, 7) is 1.89. The molecule has 20 heavy (non-hydrogen) atoms. The highest BCUT2D eigenvalue weighted by Crippen LogP contribution is 2.26. The Balaban J connectivity index is 2.33. The molecule has 0 heterocycles. The van der Waals surface area contributed by atoms with E-state index in [4.69, 9.17) is 5.84 Å². The van der Waals surface area contributed by atoms with Gasteiger partial charge in [-0.05, 0) is 60.4 Å². The Hall–Kier alpha value is -1.30. The maximum Gasteiger partial charge on any atom is 0.123 e. The van der Waals surface area contributed by atoms with Gasteiger partial charge in [0.15, 0.2) is 0 Å². The van der Waals surface area contributed by atoms with Crippen molar-refractivity contribution in [3.63, 3.8) is 0 Å². The molecule has 0 saturated carbocycles. The fourth-order valence-electron chi connectivity index (χ4n) is 2.17. The van der Waals surface area contributed by atoms with Crippen LogP contribution in [0.4, 0.5) is 8.78 Å². The highest BCUT2D eigenvalue weighted by Gasteiger charge is 2.15.